The Morgan fingerprint density at radius 2 is 1.91 bits per heavy atom. The van der Waals surface area contributed by atoms with Gasteiger partial charge in [-0.3, -0.25) is 4.79 Å². The summed E-state index contributed by atoms with van der Waals surface area (Å²) in [7, 11) is 0. The molecule has 0 radical (unpaired) electrons. The Morgan fingerprint density at radius 1 is 1.22 bits per heavy atom. The molecule has 0 bridgehead atoms. The number of benzene rings is 1. The monoisotopic (exact) mass is 327 g/mol. The first kappa shape index (κ1) is 16.0. The summed E-state index contributed by atoms with van der Waals surface area (Å²) in [4.78, 5) is 13.8. The lowest BCUT2D eigenvalue weighted by Crippen LogP contribution is -2.30. The van der Waals surface area contributed by atoms with Crippen LogP contribution in [0, 0.1) is 11.8 Å². The van der Waals surface area contributed by atoms with Crippen molar-refractivity contribution < 1.29 is 18.0 Å². The maximum absolute atomic E-state index is 13.2. The molecule has 0 spiro atoms. The van der Waals surface area contributed by atoms with Crippen molar-refractivity contribution in [2.45, 2.75) is 31.9 Å². The summed E-state index contributed by atoms with van der Waals surface area (Å²) < 4.78 is 39.6. The van der Waals surface area contributed by atoms with Crippen molar-refractivity contribution in [3.63, 3.8) is 0 Å². The molecule has 23 heavy (non-hydrogen) atoms. The van der Waals surface area contributed by atoms with Gasteiger partial charge < -0.3 is 16.4 Å². The van der Waals surface area contributed by atoms with Crippen LogP contribution in [0.15, 0.2) is 12.1 Å². The van der Waals surface area contributed by atoms with E-state index in [4.69, 9.17) is 11.5 Å². The molecule has 0 aromatic heterocycles. The SMILES string of the molecule is Nc1ccc(C(F)(F)F)c(C[C@H]2CCN(C(=O)C3CC3)C2)c1N. The average Bonchev–Trinajstić information content (AvgIpc) is 3.21. The second-order valence-corrected chi connectivity index (χ2v) is 6.51. The summed E-state index contributed by atoms with van der Waals surface area (Å²) in [5, 5.41) is 0. The predicted octanol–water partition coefficient (Wildman–Crippen LogP) is 2.67. The molecule has 1 heterocycles. The van der Waals surface area contributed by atoms with Crippen molar-refractivity contribution in [3.05, 3.63) is 23.3 Å². The lowest BCUT2D eigenvalue weighted by Gasteiger charge is -2.20. The van der Waals surface area contributed by atoms with Crippen molar-refractivity contribution in [3.8, 4) is 0 Å². The van der Waals surface area contributed by atoms with Crippen molar-refractivity contribution in [1.29, 1.82) is 0 Å². The standard InChI is InChI=1S/C16H20F3N3O/c17-16(18,19)12-3-4-13(20)14(21)11(12)7-9-5-6-22(8-9)15(23)10-1-2-10/h3-4,9-10H,1-2,5-8,20-21H2/t9-/m1/s1. The number of alkyl halides is 3. The first-order valence-corrected chi connectivity index (χ1v) is 7.80. The predicted molar refractivity (Wildman–Crippen MR) is 81.4 cm³/mol. The van der Waals surface area contributed by atoms with E-state index < -0.39 is 11.7 Å². The lowest BCUT2D eigenvalue weighted by atomic mass is 9.92. The van der Waals surface area contributed by atoms with Gasteiger partial charge in [0.2, 0.25) is 5.91 Å². The molecule has 126 valence electrons. The number of likely N-dealkylation sites (tertiary alicyclic amines) is 1. The minimum Gasteiger partial charge on any atom is -0.397 e. The third-order valence-electron chi connectivity index (χ3n) is 4.71. The fourth-order valence-electron chi connectivity index (χ4n) is 3.24. The number of hydrogen-bond donors (Lipinski definition) is 2. The summed E-state index contributed by atoms with van der Waals surface area (Å²) in [6.07, 6.45) is -1.70. The Kier molecular flexibility index (Phi) is 3.90. The normalized spacial score (nSPS) is 21.7. The third kappa shape index (κ3) is 3.23. The zero-order valence-electron chi connectivity index (χ0n) is 12.7. The van der Waals surface area contributed by atoms with Crippen LogP contribution in [0.5, 0.6) is 0 Å². The molecular weight excluding hydrogens is 307 g/mol. The fourth-order valence-corrected chi connectivity index (χ4v) is 3.24. The summed E-state index contributed by atoms with van der Waals surface area (Å²) in [5.74, 6) is 0.268. The van der Waals surface area contributed by atoms with Gasteiger partial charge in [0.15, 0.2) is 0 Å². The van der Waals surface area contributed by atoms with Gasteiger partial charge in [0, 0.05) is 19.0 Å². The van der Waals surface area contributed by atoms with Gasteiger partial charge in [-0.15, -0.1) is 0 Å². The van der Waals surface area contributed by atoms with Gasteiger partial charge in [-0.2, -0.15) is 13.2 Å². The molecule has 1 saturated heterocycles. The van der Waals surface area contributed by atoms with Crippen LogP contribution < -0.4 is 11.5 Å². The van der Waals surface area contributed by atoms with Crippen molar-refractivity contribution >= 4 is 17.3 Å². The van der Waals surface area contributed by atoms with Crippen molar-refractivity contribution in [2.75, 3.05) is 24.6 Å². The number of nitrogen functional groups attached to an aromatic ring is 2. The van der Waals surface area contributed by atoms with Crippen LogP contribution in [-0.2, 0) is 17.4 Å². The number of nitrogens with zero attached hydrogens (tertiary/aromatic N) is 1. The molecule has 1 aliphatic carbocycles. The van der Waals surface area contributed by atoms with Crippen LogP contribution in [0.25, 0.3) is 0 Å². The number of halogens is 3. The third-order valence-corrected chi connectivity index (χ3v) is 4.71. The number of amides is 1. The molecule has 3 rings (SSSR count). The van der Waals surface area contributed by atoms with E-state index in [-0.39, 0.29) is 41.1 Å². The number of nitrogens with two attached hydrogens (primary N) is 2. The maximum atomic E-state index is 13.2. The van der Waals surface area contributed by atoms with E-state index in [1.54, 1.807) is 4.90 Å². The Bertz CT molecular complexity index is 626. The molecule has 1 aromatic rings. The highest BCUT2D eigenvalue weighted by atomic mass is 19.4. The fraction of sp³-hybridized carbons (Fsp3) is 0.562. The Balaban J connectivity index is 1.77. The second-order valence-electron chi connectivity index (χ2n) is 6.51. The van der Waals surface area contributed by atoms with E-state index in [2.05, 4.69) is 0 Å². The first-order chi connectivity index (χ1) is 10.8. The Hall–Kier alpha value is -1.92. The second kappa shape index (κ2) is 5.62. The smallest absolute Gasteiger partial charge is 0.397 e. The molecule has 1 atom stereocenters. The number of anilines is 2. The van der Waals surface area contributed by atoms with Gasteiger partial charge in [0.25, 0.3) is 0 Å². The van der Waals surface area contributed by atoms with Gasteiger partial charge in [0.05, 0.1) is 16.9 Å². The summed E-state index contributed by atoms with van der Waals surface area (Å²) >= 11 is 0. The van der Waals surface area contributed by atoms with Gasteiger partial charge in [-0.25, -0.2) is 0 Å². The lowest BCUT2D eigenvalue weighted by molar-refractivity contribution is -0.138. The first-order valence-electron chi connectivity index (χ1n) is 7.80. The number of rotatable bonds is 3. The molecule has 1 saturated carbocycles. The number of carbonyl (C=O) groups is 1. The van der Waals surface area contributed by atoms with Crippen LogP contribution in [0.3, 0.4) is 0 Å². The maximum Gasteiger partial charge on any atom is 0.416 e. The summed E-state index contributed by atoms with van der Waals surface area (Å²) in [6, 6.07) is 2.18. The number of hydrogen-bond acceptors (Lipinski definition) is 3. The molecule has 2 aliphatic rings. The van der Waals surface area contributed by atoms with E-state index in [0.29, 0.717) is 19.5 Å². The molecular formula is C16H20F3N3O. The molecule has 0 unspecified atom stereocenters. The van der Waals surface area contributed by atoms with E-state index in [0.717, 1.165) is 18.9 Å². The van der Waals surface area contributed by atoms with Crippen LogP contribution >= 0.6 is 0 Å². The highest BCUT2D eigenvalue weighted by molar-refractivity contribution is 5.81. The topological polar surface area (TPSA) is 72.3 Å². The van der Waals surface area contributed by atoms with Gasteiger partial charge in [0.1, 0.15) is 0 Å². The molecule has 4 nitrogen and oxygen atoms in total. The molecule has 4 N–H and O–H groups in total. The summed E-state index contributed by atoms with van der Waals surface area (Å²) in [5.41, 5.74) is 11.0. The largest absolute Gasteiger partial charge is 0.416 e. The van der Waals surface area contributed by atoms with Gasteiger partial charge in [-0.05, 0) is 49.3 Å². The van der Waals surface area contributed by atoms with Crippen molar-refractivity contribution in [1.82, 2.24) is 4.90 Å². The van der Waals surface area contributed by atoms with E-state index in [1.165, 1.54) is 6.07 Å². The van der Waals surface area contributed by atoms with Crippen LogP contribution in [-0.4, -0.2) is 23.9 Å². The minimum atomic E-state index is -4.46. The number of carbonyl (C=O) groups excluding carboxylic acids is 1. The van der Waals surface area contributed by atoms with Gasteiger partial charge in [-0.1, -0.05) is 0 Å². The van der Waals surface area contributed by atoms with Crippen LogP contribution in [0.2, 0.25) is 0 Å². The average molecular weight is 327 g/mol. The quantitative estimate of drug-likeness (QED) is 0.839. The zero-order chi connectivity index (χ0) is 16.8. The Morgan fingerprint density at radius 3 is 2.52 bits per heavy atom. The van der Waals surface area contributed by atoms with E-state index >= 15 is 0 Å². The van der Waals surface area contributed by atoms with Crippen molar-refractivity contribution in [2.24, 2.45) is 11.8 Å². The van der Waals surface area contributed by atoms with Gasteiger partial charge >= 0.3 is 6.18 Å². The molecule has 1 aromatic carbocycles. The van der Waals surface area contributed by atoms with E-state index in [9.17, 15) is 18.0 Å². The molecule has 2 fully saturated rings. The van der Waals surface area contributed by atoms with Crippen LogP contribution in [0.4, 0.5) is 24.5 Å². The zero-order valence-corrected chi connectivity index (χ0v) is 12.7. The summed E-state index contributed by atoms with van der Waals surface area (Å²) in [6.45, 7) is 1.12. The molecule has 1 amide bonds. The van der Waals surface area contributed by atoms with E-state index in [1.807, 2.05) is 0 Å². The molecule has 7 heteroatoms. The highest BCUT2D eigenvalue weighted by Gasteiger charge is 2.38. The van der Waals surface area contributed by atoms with Crippen LogP contribution in [0.1, 0.15) is 30.4 Å². The molecule has 1 aliphatic heterocycles. The highest BCUT2D eigenvalue weighted by Crippen LogP contribution is 2.39. The Labute approximate surface area is 132 Å². The minimum absolute atomic E-state index is 0.00629.